The Hall–Kier alpha value is -1.50. The lowest BCUT2D eigenvalue weighted by molar-refractivity contribution is -0.119. The summed E-state index contributed by atoms with van der Waals surface area (Å²) in [5, 5.41) is 6.12. The molecular formula is C13H15N3O2S. The van der Waals surface area contributed by atoms with Crippen molar-refractivity contribution in [2.75, 3.05) is 25.0 Å². The molecule has 1 aromatic heterocycles. The van der Waals surface area contributed by atoms with E-state index in [9.17, 15) is 4.79 Å². The molecule has 1 atom stereocenters. The van der Waals surface area contributed by atoms with Crippen molar-refractivity contribution in [1.29, 1.82) is 0 Å². The van der Waals surface area contributed by atoms with Crippen LogP contribution in [0.1, 0.15) is 6.42 Å². The van der Waals surface area contributed by atoms with E-state index in [2.05, 4.69) is 15.6 Å². The van der Waals surface area contributed by atoms with Gasteiger partial charge in [0.15, 0.2) is 0 Å². The van der Waals surface area contributed by atoms with Gasteiger partial charge in [0.2, 0.25) is 5.91 Å². The monoisotopic (exact) mass is 277 g/mol. The lowest BCUT2D eigenvalue weighted by Gasteiger charge is -2.23. The minimum Gasteiger partial charge on any atom is -0.375 e. The van der Waals surface area contributed by atoms with E-state index in [1.54, 1.807) is 16.8 Å². The second kappa shape index (κ2) is 5.64. The summed E-state index contributed by atoms with van der Waals surface area (Å²) in [4.78, 5) is 16.1. The van der Waals surface area contributed by atoms with Crippen molar-refractivity contribution in [3.8, 4) is 0 Å². The van der Waals surface area contributed by atoms with Gasteiger partial charge in [-0.1, -0.05) is 0 Å². The van der Waals surface area contributed by atoms with Crippen LogP contribution in [-0.4, -0.2) is 36.7 Å². The summed E-state index contributed by atoms with van der Waals surface area (Å²) in [5.74, 6) is -0.0161. The first-order chi connectivity index (χ1) is 9.31. The molecule has 0 bridgehead atoms. The van der Waals surface area contributed by atoms with Gasteiger partial charge in [-0.2, -0.15) is 0 Å². The molecule has 1 amide bonds. The maximum Gasteiger partial charge on any atom is 0.227 e. The number of rotatable bonds is 3. The highest BCUT2D eigenvalue weighted by atomic mass is 32.1. The number of nitrogens with zero attached hydrogens (tertiary/aromatic N) is 1. The number of hydrogen-bond donors (Lipinski definition) is 2. The first kappa shape index (κ1) is 12.5. The highest BCUT2D eigenvalue weighted by molar-refractivity contribution is 7.16. The lowest BCUT2D eigenvalue weighted by atomic mass is 10.2. The third kappa shape index (κ3) is 3.09. The lowest BCUT2D eigenvalue weighted by Crippen LogP contribution is -2.40. The molecule has 0 radical (unpaired) electrons. The van der Waals surface area contributed by atoms with Crippen LogP contribution >= 0.6 is 11.3 Å². The standard InChI is InChI=1S/C13H15N3O2S/c17-13(6-10-7-14-3-4-18-10)16-9-1-2-11-12(5-9)19-8-15-11/h1-2,5,8,10,14H,3-4,6-7H2,(H,16,17). The van der Waals surface area contributed by atoms with Crippen LogP contribution in [-0.2, 0) is 9.53 Å². The quantitative estimate of drug-likeness (QED) is 0.895. The first-order valence-corrected chi connectivity index (χ1v) is 7.14. The molecule has 100 valence electrons. The van der Waals surface area contributed by atoms with Crippen molar-refractivity contribution in [3.63, 3.8) is 0 Å². The van der Waals surface area contributed by atoms with Crippen LogP contribution in [0.4, 0.5) is 5.69 Å². The summed E-state index contributed by atoms with van der Waals surface area (Å²) in [5.41, 5.74) is 3.57. The molecular weight excluding hydrogens is 262 g/mol. The normalized spacial score (nSPS) is 19.5. The van der Waals surface area contributed by atoms with E-state index in [0.717, 1.165) is 29.0 Å². The number of carbonyl (C=O) groups is 1. The summed E-state index contributed by atoms with van der Waals surface area (Å²) >= 11 is 1.57. The number of ether oxygens (including phenoxy) is 1. The van der Waals surface area contributed by atoms with E-state index in [1.165, 1.54) is 0 Å². The average molecular weight is 277 g/mol. The summed E-state index contributed by atoms with van der Waals surface area (Å²) in [6.07, 6.45) is 0.356. The Labute approximate surface area is 115 Å². The fraction of sp³-hybridized carbons (Fsp3) is 0.385. The van der Waals surface area contributed by atoms with Crippen LogP contribution in [0.5, 0.6) is 0 Å². The van der Waals surface area contributed by atoms with Crippen LogP contribution in [0.3, 0.4) is 0 Å². The molecule has 0 spiro atoms. The molecule has 1 aromatic carbocycles. The summed E-state index contributed by atoms with van der Waals surface area (Å²) in [6, 6.07) is 5.74. The van der Waals surface area contributed by atoms with Crippen LogP contribution in [0.2, 0.25) is 0 Å². The number of hydrogen-bond acceptors (Lipinski definition) is 5. The van der Waals surface area contributed by atoms with Gasteiger partial charge >= 0.3 is 0 Å². The number of benzene rings is 1. The highest BCUT2D eigenvalue weighted by Gasteiger charge is 2.17. The van der Waals surface area contributed by atoms with E-state index in [1.807, 2.05) is 18.2 Å². The van der Waals surface area contributed by atoms with Gasteiger partial charge in [-0.3, -0.25) is 4.79 Å². The van der Waals surface area contributed by atoms with Crippen molar-refractivity contribution >= 4 is 33.1 Å². The Morgan fingerprint density at radius 3 is 3.37 bits per heavy atom. The third-order valence-corrected chi connectivity index (χ3v) is 3.82. The van der Waals surface area contributed by atoms with E-state index < -0.39 is 0 Å². The fourth-order valence-corrected chi connectivity index (χ4v) is 2.82. The molecule has 3 rings (SSSR count). The highest BCUT2D eigenvalue weighted by Crippen LogP contribution is 2.22. The Bertz CT molecular complexity index is 578. The number of nitrogens with one attached hydrogen (secondary N) is 2. The molecule has 1 unspecified atom stereocenters. The first-order valence-electron chi connectivity index (χ1n) is 6.27. The summed E-state index contributed by atoms with van der Waals surface area (Å²) < 4.78 is 6.59. The number of thiazole rings is 1. The van der Waals surface area contributed by atoms with Gasteiger partial charge in [0.25, 0.3) is 0 Å². The predicted molar refractivity (Wildman–Crippen MR) is 75.5 cm³/mol. The van der Waals surface area contributed by atoms with Gasteiger partial charge in [-0.25, -0.2) is 4.98 Å². The molecule has 1 saturated heterocycles. The zero-order chi connectivity index (χ0) is 13.1. The zero-order valence-electron chi connectivity index (χ0n) is 10.4. The van der Waals surface area contributed by atoms with Crippen LogP contribution in [0, 0.1) is 0 Å². The predicted octanol–water partition coefficient (Wildman–Crippen LogP) is 1.61. The molecule has 2 heterocycles. The number of carbonyl (C=O) groups excluding carboxylic acids is 1. The van der Waals surface area contributed by atoms with Crippen molar-refractivity contribution in [2.24, 2.45) is 0 Å². The van der Waals surface area contributed by atoms with Gasteiger partial charge in [-0.15, -0.1) is 11.3 Å². The van der Waals surface area contributed by atoms with Gasteiger partial charge in [0.05, 0.1) is 34.9 Å². The van der Waals surface area contributed by atoms with Crippen molar-refractivity contribution < 1.29 is 9.53 Å². The maximum absolute atomic E-state index is 11.9. The smallest absolute Gasteiger partial charge is 0.227 e. The van der Waals surface area contributed by atoms with E-state index in [-0.39, 0.29) is 12.0 Å². The SMILES string of the molecule is O=C(CC1CNCCO1)Nc1ccc2ncsc2c1. The number of fused-ring (bicyclic) bond motifs is 1. The van der Waals surface area contributed by atoms with Crippen LogP contribution in [0.25, 0.3) is 10.2 Å². The van der Waals surface area contributed by atoms with E-state index >= 15 is 0 Å². The molecule has 2 aromatic rings. The van der Waals surface area contributed by atoms with Gasteiger partial charge in [0, 0.05) is 18.8 Å². The third-order valence-electron chi connectivity index (χ3n) is 3.03. The molecule has 1 aliphatic heterocycles. The minimum atomic E-state index is -0.0270. The molecule has 1 fully saturated rings. The van der Waals surface area contributed by atoms with Crippen molar-refractivity contribution in [3.05, 3.63) is 23.7 Å². The maximum atomic E-state index is 11.9. The van der Waals surface area contributed by atoms with Gasteiger partial charge < -0.3 is 15.4 Å². The molecule has 0 saturated carbocycles. The number of anilines is 1. The molecule has 1 aliphatic rings. The van der Waals surface area contributed by atoms with Crippen LogP contribution < -0.4 is 10.6 Å². The Balaban J connectivity index is 1.61. The number of aromatic nitrogens is 1. The summed E-state index contributed by atoms with van der Waals surface area (Å²) in [6.45, 7) is 2.27. The number of morpholine rings is 1. The molecule has 19 heavy (non-hydrogen) atoms. The zero-order valence-corrected chi connectivity index (χ0v) is 11.2. The second-order valence-electron chi connectivity index (χ2n) is 4.48. The molecule has 5 nitrogen and oxygen atoms in total. The number of amides is 1. The largest absolute Gasteiger partial charge is 0.375 e. The van der Waals surface area contributed by atoms with Crippen LogP contribution in [0.15, 0.2) is 23.7 Å². The molecule has 0 aliphatic carbocycles. The minimum absolute atomic E-state index is 0.0161. The van der Waals surface area contributed by atoms with E-state index in [0.29, 0.717) is 13.0 Å². The second-order valence-corrected chi connectivity index (χ2v) is 5.37. The van der Waals surface area contributed by atoms with Crippen molar-refractivity contribution in [2.45, 2.75) is 12.5 Å². The average Bonchev–Trinajstić information content (AvgIpc) is 2.87. The molecule has 2 N–H and O–H groups in total. The Morgan fingerprint density at radius 1 is 1.58 bits per heavy atom. The summed E-state index contributed by atoms with van der Waals surface area (Å²) in [7, 11) is 0. The van der Waals surface area contributed by atoms with Crippen molar-refractivity contribution in [1.82, 2.24) is 10.3 Å². The molecule has 6 heteroatoms. The Morgan fingerprint density at radius 2 is 2.53 bits per heavy atom. The Kier molecular flexibility index (Phi) is 3.72. The van der Waals surface area contributed by atoms with Gasteiger partial charge in [0.1, 0.15) is 0 Å². The fourth-order valence-electron chi connectivity index (χ4n) is 2.10. The topological polar surface area (TPSA) is 63.2 Å². The van der Waals surface area contributed by atoms with E-state index in [4.69, 9.17) is 4.74 Å². The van der Waals surface area contributed by atoms with Gasteiger partial charge in [-0.05, 0) is 18.2 Å².